The minimum Gasteiger partial charge on any atom is -0.492 e. The van der Waals surface area contributed by atoms with Crippen molar-refractivity contribution < 1.29 is 9.53 Å². The molecule has 1 aromatic carbocycles. The zero-order valence-corrected chi connectivity index (χ0v) is 14.2. The van der Waals surface area contributed by atoms with Gasteiger partial charge in [0.25, 0.3) is 5.91 Å². The minimum atomic E-state index is -0.142. The first-order valence-corrected chi connectivity index (χ1v) is 7.97. The van der Waals surface area contributed by atoms with Crippen LogP contribution in [0.1, 0.15) is 27.3 Å². The third-order valence-corrected chi connectivity index (χ3v) is 3.85. The highest BCUT2D eigenvalue weighted by Gasteiger charge is 2.16. The fourth-order valence-electron chi connectivity index (χ4n) is 2.59. The van der Waals surface area contributed by atoms with Crippen molar-refractivity contribution in [3.8, 4) is 5.75 Å². The molecule has 0 aliphatic rings. The molecule has 0 saturated carbocycles. The molecule has 5 nitrogen and oxygen atoms in total. The van der Waals surface area contributed by atoms with Crippen LogP contribution >= 0.6 is 0 Å². The van der Waals surface area contributed by atoms with Crippen molar-refractivity contribution in [2.75, 3.05) is 13.2 Å². The van der Waals surface area contributed by atoms with E-state index in [1.807, 2.05) is 67.8 Å². The van der Waals surface area contributed by atoms with Crippen LogP contribution in [0.5, 0.6) is 5.75 Å². The zero-order valence-electron chi connectivity index (χ0n) is 14.2. The number of benzene rings is 1. The highest BCUT2D eigenvalue weighted by atomic mass is 16.5. The molecule has 0 atom stereocenters. The van der Waals surface area contributed by atoms with Crippen LogP contribution in [0, 0.1) is 20.8 Å². The molecule has 2 heterocycles. The van der Waals surface area contributed by atoms with Gasteiger partial charge in [0.1, 0.15) is 23.7 Å². The fraction of sp³-hybridized carbons (Fsp3) is 0.263. The Bertz CT molecular complexity index is 866. The summed E-state index contributed by atoms with van der Waals surface area (Å²) < 4.78 is 7.44. The van der Waals surface area contributed by atoms with Crippen molar-refractivity contribution in [3.05, 3.63) is 65.1 Å². The Hall–Kier alpha value is -2.82. The number of imidazole rings is 1. The summed E-state index contributed by atoms with van der Waals surface area (Å²) in [7, 11) is 0. The lowest BCUT2D eigenvalue weighted by atomic mass is 10.2. The fourth-order valence-corrected chi connectivity index (χ4v) is 2.59. The number of carbonyl (C=O) groups excluding carboxylic acids is 1. The smallest absolute Gasteiger partial charge is 0.270 e. The highest BCUT2D eigenvalue weighted by Crippen LogP contribution is 2.14. The summed E-state index contributed by atoms with van der Waals surface area (Å²) in [5.74, 6) is 0.660. The third kappa shape index (κ3) is 3.40. The topological polar surface area (TPSA) is 55.6 Å². The van der Waals surface area contributed by atoms with Crippen LogP contribution in [0.2, 0.25) is 0 Å². The number of nitrogens with one attached hydrogen (secondary N) is 1. The van der Waals surface area contributed by atoms with Gasteiger partial charge in [-0.1, -0.05) is 17.7 Å². The molecule has 5 heteroatoms. The number of aromatic nitrogens is 2. The van der Waals surface area contributed by atoms with Gasteiger partial charge in [-0.05, 0) is 50.6 Å². The molecule has 0 aliphatic heterocycles. The van der Waals surface area contributed by atoms with Crippen molar-refractivity contribution >= 4 is 11.6 Å². The van der Waals surface area contributed by atoms with E-state index in [4.69, 9.17) is 4.74 Å². The molecule has 0 saturated heterocycles. The van der Waals surface area contributed by atoms with Gasteiger partial charge < -0.3 is 10.1 Å². The Balaban J connectivity index is 1.61. The number of ether oxygens (including phenoxy) is 1. The zero-order chi connectivity index (χ0) is 17.1. The lowest BCUT2D eigenvalue weighted by molar-refractivity contribution is 0.0940. The molecular formula is C19H21N3O2. The minimum absolute atomic E-state index is 0.142. The highest BCUT2D eigenvalue weighted by molar-refractivity contribution is 5.94. The van der Waals surface area contributed by atoms with Crippen LogP contribution in [0.4, 0.5) is 0 Å². The van der Waals surface area contributed by atoms with Gasteiger partial charge in [-0.2, -0.15) is 0 Å². The van der Waals surface area contributed by atoms with Crippen molar-refractivity contribution in [2.24, 2.45) is 0 Å². The van der Waals surface area contributed by atoms with E-state index in [-0.39, 0.29) is 5.91 Å². The molecule has 24 heavy (non-hydrogen) atoms. The summed E-state index contributed by atoms with van der Waals surface area (Å²) in [6, 6.07) is 11.8. The number of amides is 1. The van der Waals surface area contributed by atoms with Crippen molar-refractivity contribution in [1.29, 1.82) is 0 Å². The number of pyridine rings is 1. The Labute approximate surface area is 141 Å². The molecule has 3 aromatic rings. The number of aryl methyl sites for hydroxylation is 3. The van der Waals surface area contributed by atoms with Crippen molar-refractivity contribution in [3.63, 3.8) is 0 Å². The molecule has 0 unspecified atom stereocenters. The van der Waals surface area contributed by atoms with Crippen LogP contribution in [0.25, 0.3) is 5.65 Å². The summed E-state index contributed by atoms with van der Waals surface area (Å²) in [5.41, 5.74) is 4.38. The molecule has 0 aliphatic carbocycles. The molecule has 1 amide bonds. The van der Waals surface area contributed by atoms with Gasteiger partial charge >= 0.3 is 0 Å². The first-order chi connectivity index (χ1) is 11.5. The van der Waals surface area contributed by atoms with E-state index in [0.717, 1.165) is 22.7 Å². The van der Waals surface area contributed by atoms with Gasteiger partial charge in [-0.3, -0.25) is 9.20 Å². The normalized spacial score (nSPS) is 10.8. The summed E-state index contributed by atoms with van der Waals surface area (Å²) in [6.45, 7) is 6.74. The van der Waals surface area contributed by atoms with E-state index < -0.39 is 0 Å². The van der Waals surface area contributed by atoms with E-state index in [2.05, 4.69) is 10.3 Å². The number of fused-ring (bicyclic) bond motifs is 1. The van der Waals surface area contributed by atoms with Crippen LogP contribution in [0.15, 0.2) is 42.6 Å². The quantitative estimate of drug-likeness (QED) is 0.734. The van der Waals surface area contributed by atoms with Gasteiger partial charge in [-0.25, -0.2) is 4.98 Å². The predicted molar refractivity (Wildman–Crippen MR) is 93.7 cm³/mol. The first-order valence-electron chi connectivity index (χ1n) is 7.97. The van der Waals surface area contributed by atoms with Crippen molar-refractivity contribution in [1.82, 2.24) is 14.7 Å². The second-order valence-corrected chi connectivity index (χ2v) is 5.90. The number of nitrogens with zero attached hydrogens (tertiary/aromatic N) is 2. The standard InChI is InChI=1S/C19H21N3O2/c1-13-4-6-16(7-5-13)24-11-9-20-19(23)18-15(3)21-17-12-14(2)8-10-22(17)18/h4-8,10,12H,9,11H2,1-3H3,(H,20,23). The Morgan fingerprint density at radius 3 is 2.62 bits per heavy atom. The molecule has 124 valence electrons. The van der Waals surface area contributed by atoms with Crippen LogP contribution in [-0.2, 0) is 0 Å². The summed E-state index contributed by atoms with van der Waals surface area (Å²) >= 11 is 0. The largest absolute Gasteiger partial charge is 0.492 e. The summed E-state index contributed by atoms with van der Waals surface area (Å²) in [4.78, 5) is 16.9. The van der Waals surface area contributed by atoms with E-state index >= 15 is 0 Å². The van der Waals surface area contributed by atoms with Crippen LogP contribution in [-0.4, -0.2) is 28.4 Å². The van der Waals surface area contributed by atoms with Gasteiger partial charge in [0, 0.05) is 6.20 Å². The maximum atomic E-state index is 12.5. The molecule has 0 bridgehead atoms. The van der Waals surface area contributed by atoms with Crippen LogP contribution < -0.4 is 10.1 Å². The second kappa shape index (κ2) is 6.74. The maximum Gasteiger partial charge on any atom is 0.270 e. The van der Waals surface area contributed by atoms with Gasteiger partial charge in [0.05, 0.1) is 12.2 Å². The number of hydrogen-bond donors (Lipinski definition) is 1. The second-order valence-electron chi connectivity index (χ2n) is 5.90. The monoisotopic (exact) mass is 323 g/mol. The molecule has 3 rings (SSSR count). The number of hydrogen-bond acceptors (Lipinski definition) is 3. The van der Waals surface area contributed by atoms with E-state index in [1.165, 1.54) is 5.56 Å². The Morgan fingerprint density at radius 1 is 1.12 bits per heavy atom. The lowest BCUT2D eigenvalue weighted by Gasteiger charge is -2.08. The average molecular weight is 323 g/mol. The molecule has 2 aromatic heterocycles. The molecule has 0 spiro atoms. The van der Waals surface area contributed by atoms with Crippen molar-refractivity contribution in [2.45, 2.75) is 20.8 Å². The number of carbonyl (C=O) groups is 1. The van der Waals surface area contributed by atoms with Gasteiger partial charge in [0.2, 0.25) is 0 Å². The third-order valence-electron chi connectivity index (χ3n) is 3.85. The Morgan fingerprint density at radius 2 is 1.88 bits per heavy atom. The Kier molecular flexibility index (Phi) is 4.51. The molecule has 0 fully saturated rings. The summed E-state index contributed by atoms with van der Waals surface area (Å²) in [6.07, 6.45) is 1.88. The summed E-state index contributed by atoms with van der Waals surface area (Å²) in [5, 5.41) is 2.89. The number of rotatable bonds is 5. The molecular weight excluding hydrogens is 302 g/mol. The molecule has 0 radical (unpaired) electrons. The van der Waals surface area contributed by atoms with Crippen LogP contribution in [0.3, 0.4) is 0 Å². The first kappa shape index (κ1) is 16.1. The maximum absolute atomic E-state index is 12.5. The van der Waals surface area contributed by atoms with Gasteiger partial charge in [0.15, 0.2) is 0 Å². The molecule has 1 N–H and O–H groups in total. The predicted octanol–water partition coefficient (Wildman–Crippen LogP) is 3.07. The average Bonchev–Trinajstić information content (AvgIpc) is 2.88. The van der Waals surface area contributed by atoms with Gasteiger partial charge in [-0.15, -0.1) is 0 Å². The SMILES string of the molecule is Cc1ccc(OCCNC(=O)c2c(C)nc3cc(C)ccn23)cc1. The van der Waals surface area contributed by atoms with E-state index in [0.29, 0.717) is 18.8 Å². The van der Waals surface area contributed by atoms with E-state index in [1.54, 1.807) is 0 Å². The van der Waals surface area contributed by atoms with E-state index in [9.17, 15) is 4.79 Å². The lowest BCUT2D eigenvalue weighted by Crippen LogP contribution is -2.29.